The SMILES string of the molecule is Cc1c(N)cccc1C(=O)c1c[nH]c2ncc(-c3ccccc3)cc12. The van der Waals surface area contributed by atoms with E-state index in [1.807, 2.05) is 49.5 Å². The number of fused-ring (bicyclic) bond motifs is 1. The zero-order chi connectivity index (χ0) is 17.4. The summed E-state index contributed by atoms with van der Waals surface area (Å²) >= 11 is 0. The summed E-state index contributed by atoms with van der Waals surface area (Å²) in [6.07, 6.45) is 3.53. The molecule has 0 aliphatic carbocycles. The number of rotatable bonds is 3. The highest BCUT2D eigenvalue weighted by Gasteiger charge is 2.18. The van der Waals surface area contributed by atoms with Gasteiger partial charge in [0.1, 0.15) is 5.65 Å². The van der Waals surface area contributed by atoms with E-state index in [0.717, 1.165) is 22.1 Å². The molecule has 0 saturated heterocycles. The van der Waals surface area contributed by atoms with Gasteiger partial charge in [0.15, 0.2) is 5.78 Å². The first-order chi connectivity index (χ1) is 12.1. The zero-order valence-electron chi connectivity index (χ0n) is 13.8. The molecule has 0 saturated carbocycles. The second-order valence-electron chi connectivity index (χ2n) is 6.04. The number of nitrogens with two attached hydrogens (primary N) is 1. The molecule has 0 radical (unpaired) electrons. The van der Waals surface area contributed by atoms with Crippen LogP contribution in [0.3, 0.4) is 0 Å². The van der Waals surface area contributed by atoms with Crippen molar-refractivity contribution in [3.63, 3.8) is 0 Å². The second kappa shape index (κ2) is 5.91. The number of nitrogen functional groups attached to an aromatic ring is 1. The number of H-pyrrole nitrogens is 1. The van der Waals surface area contributed by atoms with Gasteiger partial charge in [0.25, 0.3) is 0 Å². The lowest BCUT2D eigenvalue weighted by Gasteiger charge is -2.07. The lowest BCUT2D eigenvalue weighted by atomic mass is 9.97. The Kier molecular flexibility index (Phi) is 3.58. The third-order valence-corrected chi connectivity index (χ3v) is 4.50. The molecule has 122 valence electrons. The van der Waals surface area contributed by atoms with E-state index in [9.17, 15) is 4.79 Å². The quantitative estimate of drug-likeness (QED) is 0.434. The molecule has 0 fully saturated rings. The number of ketones is 1. The maximum Gasteiger partial charge on any atom is 0.195 e. The molecule has 2 aromatic heterocycles. The molecule has 4 aromatic rings. The second-order valence-corrected chi connectivity index (χ2v) is 6.04. The fourth-order valence-corrected chi connectivity index (χ4v) is 3.02. The van der Waals surface area contributed by atoms with Gasteiger partial charge < -0.3 is 10.7 Å². The Labute approximate surface area is 145 Å². The van der Waals surface area contributed by atoms with E-state index >= 15 is 0 Å². The molecule has 0 amide bonds. The van der Waals surface area contributed by atoms with Gasteiger partial charge >= 0.3 is 0 Å². The van der Waals surface area contributed by atoms with Crippen molar-refractivity contribution in [1.82, 2.24) is 9.97 Å². The average molecular weight is 327 g/mol. The predicted molar refractivity (Wildman–Crippen MR) is 101 cm³/mol. The van der Waals surface area contributed by atoms with Gasteiger partial charge in [-0.1, -0.05) is 42.5 Å². The predicted octanol–water partition coefficient (Wildman–Crippen LogP) is 4.35. The fraction of sp³-hybridized carbons (Fsp3) is 0.0476. The summed E-state index contributed by atoms with van der Waals surface area (Å²) in [4.78, 5) is 20.6. The van der Waals surface area contributed by atoms with E-state index in [1.54, 1.807) is 24.4 Å². The lowest BCUT2D eigenvalue weighted by molar-refractivity contribution is 0.104. The molecule has 25 heavy (non-hydrogen) atoms. The molecule has 0 aliphatic rings. The Bertz CT molecular complexity index is 1080. The van der Waals surface area contributed by atoms with Crippen molar-refractivity contribution >= 4 is 22.5 Å². The monoisotopic (exact) mass is 327 g/mol. The first kappa shape index (κ1) is 15.1. The van der Waals surface area contributed by atoms with Gasteiger partial charge in [0.05, 0.1) is 0 Å². The Morgan fingerprint density at radius 3 is 2.60 bits per heavy atom. The largest absolute Gasteiger partial charge is 0.398 e. The zero-order valence-corrected chi connectivity index (χ0v) is 13.8. The number of nitrogens with one attached hydrogen (secondary N) is 1. The van der Waals surface area contributed by atoms with Crippen molar-refractivity contribution in [2.75, 3.05) is 5.73 Å². The number of hydrogen-bond acceptors (Lipinski definition) is 3. The summed E-state index contributed by atoms with van der Waals surface area (Å²) < 4.78 is 0. The molecule has 4 heteroatoms. The molecule has 2 heterocycles. The molecule has 0 atom stereocenters. The van der Waals surface area contributed by atoms with Crippen LogP contribution in [0.4, 0.5) is 5.69 Å². The van der Waals surface area contributed by atoms with E-state index < -0.39 is 0 Å². The standard InChI is InChI=1S/C21H17N3O/c1-13-16(8-5-9-19(13)22)20(25)18-12-24-21-17(18)10-15(11-23-21)14-6-3-2-4-7-14/h2-12H,22H2,1H3,(H,23,24). The van der Waals surface area contributed by atoms with E-state index in [-0.39, 0.29) is 5.78 Å². The summed E-state index contributed by atoms with van der Waals surface area (Å²) in [7, 11) is 0. The smallest absolute Gasteiger partial charge is 0.195 e. The molecule has 2 aromatic carbocycles. The minimum atomic E-state index is -0.0527. The average Bonchev–Trinajstić information content (AvgIpc) is 3.07. The molecule has 0 spiro atoms. The van der Waals surface area contributed by atoms with Crippen LogP contribution in [-0.4, -0.2) is 15.8 Å². The van der Waals surface area contributed by atoms with Crippen LogP contribution in [0.1, 0.15) is 21.5 Å². The Morgan fingerprint density at radius 2 is 1.80 bits per heavy atom. The highest BCUT2D eigenvalue weighted by Crippen LogP contribution is 2.27. The van der Waals surface area contributed by atoms with Gasteiger partial charge in [-0.3, -0.25) is 4.79 Å². The molecule has 0 bridgehead atoms. The molecule has 4 nitrogen and oxygen atoms in total. The number of hydrogen-bond donors (Lipinski definition) is 2. The summed E-state index contributed by atoms with van der Waals surface area (Å²) in [6.45, 7) is 1.87. The van der Waals surface area contributed by atoms with Gasteiger partial charge in [0.2, 0.25) is 0 Å². The van der Waals surface area contributed by atoms with Gasteiger partial charge in [-0.2, -0.15) is 0 Å². The van der Waals surface area contributed by atoms with Crippen LogP contribution in [0.2, 0.25) is 0 Å². The Balaban J connectivity index is 1.85. The number of carbonyl (C=O) groups excluding carboxylic acids is 1. The molecule has 4 rings (SSSR count). The number of carbonyl (C=O) groups is 1. The van der Waals surface area contributed by atoms with Gasteiger partial charge in [-0.15, -0.1) is 0 Å². The van der Waals surface area contributed by atoms with Crippen LogP contribution in [0.15, 0.2) is 67.0 Å². The number of nitrogens with zero attached hydrogens (tertiary/aromatic N) is 1. The maximum atomic E-state index is 13.0. The third kappa shape index (κ3) is 2.58. The van der Waals surface area contributed by atoms with Crippen LogP contribution in [0, 0.1) is 6.92 Å². The van der Waals surface area contributed by atoms with E-state index in [4.69, 9.17) is 5.73 Å². The lowest BCUT2D eigenvalue weighted by Crippen LogP contribution is -2.05. The first-order valence-electron chi connectivity index (χ1n) is 8.07. The molecule has 0 unspecified atom stereocenters. The summed E-state index contributed by atoms with van der Waals surface area (Å²) in [5.74, 6) is -0.0527. The van der Waals surface area contributed by atoms with E-state index in [0.29, 0.717) is 22.5 Å². The number of aromatic nitrogens is 2. The van der Waals surface area contributed by atoms with Crippen LogP contribution in [-0.2, 0) is 0 Å². The van der Waals surface area contributed by atoms with Crippen molar-refractivity contribution in [2.45, 2.75) is 6.92 Å². The van der Waals surface area contributed by atoms with E-state index in [1.165, 1.54) is 0 Å². The third-order valence-electron chi connectivity index (χ3n) is 4.50. The van der Waals surface area contributed by atoms with Crippen LogP contribution in [0.5, 0.6) is 0 Å². The highest BCUT2D eigenvalue weighted by atomic mass is 16.1. The van der Waals surface area contributed by atoms with Crippen molar-refractivity contribution in [3.05, 3.63) is 83.7 Å². The van der Waals surface area contributed by atoms with Gasteiger partial charge in [-0.05, 0) is 30.2 Å². The van der Waals surface area contributed by atoms with Crippen LogP contribution < -0.4 is 5.73 Å². The van der Waals surface area contributed by atoms with Crippen molar-refractivity contribution in [1.29, 1.82) is 0 Å². The maximum absolute atomic E-state index is 13.0. The Morgan fingerprint density at radius 1 is 1.00 bits per heavy atom. The normalized spacial score (nSPS) is 10.9. The van der Waals surface area contributed by atoms with E-state index in [2.05, 4.69) is 9.97 Å². The van der Waals surface area contributed by atoms with Crippen molar-refractivity contribution in [3.8, 4) is 11.1 Å². The van der Waals surface area contributed by atoms with Gasteiger partial charge in [-0.25, -0.2) is 4.98 Å². The minimum absolute atomic E-state index is 0.0527. The fourth-order valence-electron chi connectivity index (χ4n) is 3.02. The van der Waals surface area contributed by atoms with Crippen LogP contribution in [0.25, 0.3) is 22.2 Å². The summed E-state index contributed by atoms with van der Waals surface area (Å²) in [5.41, 5.74) is 11.3. The molecule has 0 aliphatic heterocycles. The number of aromatic amines is 1. The Hall–Kier alpha value is -3.40. The molecule has 3 N–H and O–H groups in total. The molecular weight excluding hydrogens is 310 g/mol. The van der Waals surface area contributed by atoms with Crippen molar-refractivity contribution < 1.29 is 4.79 Å². The number of benzene rings is 2. The summed E-state index contributed by atoms with van der Waals surface area (Å²) in [5, 5.41) is 0.813. The highest BCUT2D eigenvalue weighted by molar-refractivity contribution is 6.17. The van der Waals surface area contributed by atoms with Gasteiger partial charge in [0, 0.05) is 40.2 Å². The first-order valence-corrected chi connectivity index (χ1v) is 8.07. The number of anilines is 1. The minimum Gasteiger partial charge on any atom is -0.398 e. The number of pyridine rings is 1. The molecular formula is C21H17N3O. The van der Waals surface area contributed by atoms with Crippen molar-refractivity contribution in [2.24, 2.45) is 0 Å². The summed E-state index contributed by atoms with van der Waals surface area (Å²) in [6, 6.07) is 17.4. The van der Waals surface area contributed by atoms with Crippen LogP contribution >= 0.6 is 0 Å². The topological polar surface area (TPSA) is 71.8 Å².